The number of quaternary nitrogens is 1. The molecule has 1 saturated heterocycles. The minimum absolute atomic E-state index is 0.0796. The monoisotopic (exact) mass is 486 g/mol. The lowest BCUT2D eigenvalue weighted by atomic mass is 9.80. The number of ether oxygens (including phenoxy) is 2. The van der Waals surface area contributed by atoms with E-state index >= 15 is 0 Å². The molecule has 2 saturated carbocycles. The first kappa shape index (κ1) is 24.2. The maximum absolute atomic E-state index is 14.1. The van der Waals surface area contributed by atoms with Gasteiger partial charge < -0.3 is 19.1 Å². The molecule has 2 aromatic rings. The van der Waals surface area contributed by atoms with E-state index in [4.69, 9.17) is 9.47 Å². The zero-order valence-electron chi connectivity index (χ0n) is 20.3. The van der Waals surface area contributed by atoms with Crippen LogP contribution in [-0.4, -0.2) is 54.3 Å². The molecule has 3 aliphatic rings. The van der Waals surface area contributed by atoms with E-state index in [1.807, 2.05) is 12.1 Å². The molecular formula is C28H34F2NO4+. The van der Waals surface area contributed by atoms with Crippen molar-refractivity contribution in [1.29, 1.82) is 0 Å². The number of carbonyl (C=O) groups excluding carboxylic acids is 1. The fraction of sp³-hybridized carbons (Fsp3) is 0.536. The van der Waals surface area contributed by atoms with Crippen LogP contribution in [0.15, 0.2) is 54.6 Å². The maximum Gasteiger partial charge on any atom is 0.343 e. The molecule has 35 heavy (non-hydrogen) atoms. The van der Waals surface area contributed by atoms with E-state index in [9.17, 15) is 18.7 Å². The Labute approximate surface area is 205 Å². The van der Waals surface area contributed by atoms with Gasteiger partial charge in [0.1, 0.15) is 18.3 Å². The highest BCUT2D eigenvalue weighted by Crippen LogP contribution is 2.50. The largest absolute Gasteiger partial charge is 0.497 e. The Morgan fingerprint density at radius 2 is 1.83 bits per heavy atom. The number of hydrogen-bond donors (Lipinski definition) is 1. The number of methoxy groups -OCH3 is 1. The maximum atomic E-state index is 14.1. The van der Waals surface area contributed by atoms with Crippen LogP contribution in [0, 0.1) is 11.8 Å². The van der Waals surface area contributed by atoms with Gasteiger partial charge in [-0.2, -0.15) is 0 Å². The average molecular weight is 487 g/mol. The SMILES string of the molecule is COc1ccc(C[N+]2(C)CC3CC[C@@H]2C3OC(=O)[C@](O)(c2ccccc2)[C@@H]2CCC(F)(F)C2)cc1. The van der Waals surface area contributed by atoms with E-state index in [1.54, 1.807) is 37.4 Å². The lowest BCUT2D eigenvalue weighted by molar-refractivity contribution is -0.939. The first-order valence-electron chi connectivity index (χ1n) is 12.5. The molecule has 0 radical (unpaired) electrons. The molecule has 1 aliphatic heterocycles. The Balaban J connectivity index is 1.37. The molecule has 1 N–H and O–H groups in total. The van der Waals surface area contributed by atoms with Gasteiger partial charge in [0.25, 0.3) is 0 Å². The second kappa shape index (κ2) is 8.86. The molecule has 188 valence electrons. The standard InChI is InChI=1S/C28H34F2NO4/c1-31(17-19-8-11-23(34-2)12-9-19)18-20-10-13-24(31)25(20)35-26(32)28(33,21-6-4-3-5-7-21)22-14-15-27(29,30)16-22/h3-9,11-12,20,22,24-25,33H,10,13-18H2,1-2H3/q+1/t20?,22-,24-,25?,28+,31?/m1/s1. The summed E-state index contributed by atoms with van der Waals surface area (Å²) < 4.78 is 40.4. The number of halogens is 2. The summed E-state index contributed by atoms with van der Waals surface area (Å²) in [4.78, 5) is 13.6. The van der Waals surface area contributed by atoms with Crippen molar-refractivity contribution >= 4 is 5.97 Å². The van der Waals surface area contributed by atoms with E-state index in [-0.39, 0.29) is 30.9 Å². The van der Waals surface area contributed by atoms with Crippen molar-refractivity contribution in [3.63, 3.8) is 0 Å². The molecule has 0 spiro atoms. The van der Waals surface area contributed by atoms with E-state index in [2.05, 4.69) is 19.2 Å². The van der Waals surface area contributed by atoms with E-state index < -0.39 is 29.8 Å². The number of alkyl halides is 2. The summed E-state index contributed by atoms with van der Waals surface area (Å²) in [6.07, 6.45) is 0.797. The van der Waals surface area contributed by atoms with Gasteiger partial charge in [-0.15, -0.1) is 0 Å². The van der Waals surface area contributed by atoms with Crippen molar-refractivity contribution in [2.24, 2.45) is 11.8 Å². The highest BCUT2D eigenvalue weighted by Gasteiger charge is 2.61. The van der Waals surface area contributed by atoms with Crippen LogP contribution in [0.2, 0.25) is 0 Å². The van der Waals surface area contributed by atoms with Gasteiger partial charge in [0.2, 0.25) is 5.92 Å². The number of likely N-dealkylation sites (N-methyl/N-ethyl adjacent to an activating group) is 1. The second-order valence-electron chi connectivity index (χ2n) is 10.9. The summed E-state index contributed by atoms with van der Waals surface area (Å²) in [5.41, 5.74) is -0.573. The molecule has 2 bridgehead atoms. The van der Waals surface area contributed by atoms with Gasteiger partial charge in [0.05, 0.1) is 26.6 Å². The molecule has 0 aromatic heterocycles. The van der Waals surface area contributed by atoms with Gasteiger partial charge >= 0.3 is 5.97 Å². The minimum Gasteiger partial charge on any atom is -0.497 e. The van der Waals surface area contributed by atoms with E-state index in [1.165, 1.54) is 5.56 Å². The van der Waals surface area contributed by atoms with Crippen molar-refractivity contribution in [3.8, 4) is 5.75 Å². The Morgan fingerprint density at radius 3 is 2.46 bits per heavy atom. The fourth-order valence-electron chi connectivity index (χ4n) is 6.80. The van der Waals surface area contributed by atoms with Crippen molar-refractivity contribution < 1.29 is 32.6 Å². The van der Waals surface area contributed by atoms with Gasteiger partial charge in [-0.3, -0.25) is 0 Å². The quantitative estimate of drug-likeness (QED) is 0.457. The molecule has 5 rings (SSSR count). The molecule has 5 nitrogen and oxygen atoms in total. The number of fused-ring (bicyclic) bond motifs is 2. The van der Waals surface area contributed by atoms with Crippen molar-refractivity contribution in [1.82, 2.24) is 0 Å². The number of piperidine rings is 1. The summed E-state index contributed by atoms with van der Waals surface area (Å²) in [6.45, 7) is 1.68. The molecule has 3 unspecified atom stereocenters. The van der Waals surface area contributed by atoms with Gasteiger partial charge in [-0.05, 0) is 42.7 Å². The predicted octanol–water partition coefficient (Wildman–Crippen LogP) is 4.67. The third-order valence-corrected chi connectivity index (χ3v) is 8.59. The molecule has 1 heterocycles. The number of rotatable bonds is 7. The lowest BCUT2D eigenvalue weighted by Crippen LogP contribution is -2.52. The van der Waals surface area contributed by atoms with Crippen LogP contribution in [0.25, 0.3) is 0 Å². The summed E-state index contributed by atoms with van der Waals surface area (Å²) in [5, 5.41) is 11.7. The number of nitrogens with zero attached hydrogens (tertiary/aromatic N) is 1. The number of hydrogen-bond acceptors (Lipinski definition) is 4. The fourth-order valence-corrected chi connectivity index (χ4v) is 6.80. The van der Waals surface area contributed by atoms with Crippen LogP contribution < -0.4 is 4.74 Å². The molecule has 2 aromatic carbocycles. The third-order valence-electron chi connectivity index (χ3n) is 8.59. The van der Waals surface area contributed by atoms with Crippen molar-refractivity contribution in [2.45, 2.75) is 62.3 Å². The van der Waals surface area contributed by atoms with E-state index in [0.29, 0.717) is 5.56 Å². The summed E-state index contributed by atoms with van der Waals surface area (Å²) in [6, 6.07) is 16.6. The van der Waals surface area contributed by atoms with Crippen LogP contribution >= 0.6 is 0 Å². The van der Waals surface area contributed by atoms with Gasteiger partial charge in [0.15, 0.2) is 11.7 Å². The van der Waals surface area contributed by atoms with Crippen molar-refractivity contribution in [3.05, 3.63) is 65.7 Å². The zero-order chi connectivity index (χ0) is 24.8. The Bertz CT molecular complexity index is 1060. The Hall–Kier alpha value is -2.51. The number of benzene rings is 2. The topological polar surface area (TPSA) is 55.8 Å². The van der Waals surface area contributed by atoms with Crippen LogP contribution in [0.1, 0.15) is 43.2 Å². The van der Waals surface area contributed by atoms with Gasteiger partial charge in [0, 0.05) is 30.7 Å². The summed E-state index contributed by atoms with van der Waals surface area (Å²) in [5.74, 6) is -3.55. The highest BCUT2D eigenvalue weighted by molar-refractivity contribution is 5.82. The number of likely N-dealkylation sites (tertiary alicyclic amines) is 1. The number of esters is 1. The summed E-state index contributed by atoms with van der Waals surface area (Å²) >= 11 is 0. The first-order chi connectivity index (χ1) is 16.6. The molecule has 3 fully saturated rings. The second-order valence-corrected chi connectivity index (χ2v) is 10.9. The normalized spacial score (nSPS) is 32.8. The predicted molar refractivity (Wildman–Crippen MR) is 127 cm³/mol. The zero-order valence-corrected chi connectivity index (χ0v) is 20.3. The van der Waals surface area contributed by atoms with Gasteiger partial charge in [-0.1, -0.05) is 30.3 Å². The number of aliphatic hydroxyl groups is 1. The molecule has 7 heteroatoms. The lowest BCUT2D eigenvalue weighted by Gasteiger charge is -2.39. The molecular weight excluding hydrogens is 452 g/mol. The molecule has 2 aliphatic carbocycles. The van der Waals surface area contributed by atoms with Crippen LogP contribution in [-0.2, 0) is 21.7 Å². The Morgan fingerprint density at radius 1 is 1.11 bits per heavy atom. The molecule has 0 amide bonds. The van der Waals surface area contributed by atoms with Crippen LogP contribution in [0.5, 0.6) is 5.75 Å². The summed E-state index contributed by atoms with van der Waals surface area (Å²) in [7, 11) is 3.83. The van der Waals surface area contributed by atoms with Gasteiger partial charge in [-0.25, -0.2) is 13.6 Å². The first-order valence-corrected chi connectivity index (χ1v) is 12.5. The average Bonchev–Trinajstić information content (AvgIpc) is 3.49. The Kier molecular flexibility index (Phi) is 6.12. The minimum atomic E-state index is -2.88. The highest BCUT2D eigenvalue weighted by atomic mass is 19.3. The van der Waals surface area contributed by atoms with Crippen molar-refractivity contribution in [2.75, 3.05) is 20.7 Å². The molecule has 6 atom stereocenters. The van der Waals surface area contributed by atoms with E-state index in [0.717, 1.165) is 36.2 Å². The van der Waals surface area contributed by atoms with Crippen LogP contribution in [0.4, 0.5) is 8.78 Å². The smallest absolute Gasteiger partial charge is 0.343 e. The van der Waals surface area contributed by atoms with Crippen LogP contribution in [0.3, 0.4) is 0 Å². The third kappa shape index (κ3) is 4.33. The number of carbonyl (C=O) groups is 1.